The van der Waals surface area contributed by atoms with E-state index in [4.69, 9.17) is 13.8 Å². The highest BCUT2D eigenvalue weighted by Crippen LogP contribution is 2.74. The fourth-order valence-corrected chi connectivity index (χ4v) is 16.4. The summed E-state index contributed by atoms with van der Waals surface area (Å²) in [6.07, 6.45) is 10.4. The smallest absolute Gasteiger partial charge is 0.0917 e. The average molecular weight is 835 g/mol. The van der Waals surface area contributed by atoms with Gasteiger partial charge in [-0.05, 0) is 89.4 Å². The predicted octanol–water partition coefficient (Wildman–Crippen LogP) is 12.4. The minimum Gasteiger partial charge on any atom is -0.376 e. The van der Waals surface area contributed by atoms with Crippen LogP contribution in [0.1, 0.15) is 71.8 Å². The second-order valence-electron chi connectivity index (χ2n) is 19.2. The average Bonchev–Trinajstić information content (AvgIpc) is 3.28. The maximum absolute atomic E-state index is 7.52. The fraction of sp³-hybridized carbons (Fsp3) is 0.418. The topological polar surface area (TPSA) is 27.7 Å². The van der Waals surface area contributed by atoms with Gasteiger partial charge in [0.05, 0.1) is 42.7 Å². The van der Waals surface area contributed by atoms with E-state index in [0.29, 0.717) is 42.1 Å². The maximum atomic E-state index is 7.52. The van der Waals surface area contributed by atoms with Crippen LogP contribution < -0.4 is 21.2 Å². The molecule has 5 heteroatoms. The summed E-state index contributed by atoms with van der Waals surface area (Å²) in [7, 11) is -1.97. The van der Waals surface area contributed by atoms with Gasteiger partial charge in [0.25, 0.3) is 0 Å². The molecule has 312 valence electrons. The van der Waals surface area contributed by atoms with Crippen molar-refractivity contribution in [3.8, 4) is 0 Å². The largest absolute Gasteiger partial charge is 0.376 e. The molecular weight excluding hydrogens is 771 g/mol. The number of allylic oxidation sites excluding steroid dienone is 2. The molecule has 5 aliphatic rings. The van der Waals surface area contributed by atoms with E-state index in [9.17, 15) is 0 Å². The molecule has 0 aromatic heterocycles. The molecule has 2 bridgehead atoms. The zero-order chi connectivity index (χ0) is 41.2. The van der Waals surface area contributed by atoms with Gasteiger partial charge < -0.3 is 13.8 Å². The first-order valence-electron chi connectivity index (χ1n) is 22.7. The summed E-state index contributed by atoms with van der Waals surface area (Å²) in [6.45, 7) is 13.2. The monoisotopic (exact) mass is 834 g/mol. The van der Waals surface area contributed by atoms with E-state index >= 15 is 0 Å². The Labute approximate surface area is 363 Å². The molecule has 0 radical (unpaired) electrons. The minimum absolute atomic E-state index is 0.0490. The van der Waals surface area contributed by atoms with Crippen LogP contribution in [0.25, 0.3) is 0 Å². The lowest BCUT2D eigenvalue weighted by molar-refractivity contribution is -0.199. The number of rotatable bonds is 15. The van der Waals surface area contributed by atoms with Gasteiger partial charge in [-0.15, -0.1) is 0 Å². The van der Waals surface area contributed by atoms with Crippen molar-refractivity contribution >= 4 is 37.5 Å². The Morgan fingerprint density at radius 3 is 1.62 bits per heavy atom. The summed E-state index contributed by atoms with van der Waals surface area (Å²) in [6, 6.07) is 54.7. The Kier molecular flexibility index (Phi) is 12.7. The van der Waals surface area contributed by atoms with Gasteiger partial charge in [-0.2, -0.15) is 0 Å². The van der Waals surface area contributed by atoms with E-state index in [0.717, 1.165) is 19.8 Å². The Hall–Kier alpha value is -3.42. The highest BCUT2D eigenvalue weighted by Gasteiger charge is 2.67. The molecule has 0 saturated heterocycles. The van der Waals surface area contributed by atoms with E-state index in [-0.39, 0.29) is 16.2 Å². The van der Waals surface area contributed by atoms with Crippen LogP contribution in [-0.4, -0.2) is 19.8 Å². The van der Waals surface area contributed by atoms with Crippen molar-refractivity contribution in [3.05, 3.63) is 169 Å². The van der Waals surface area contributed by atoms with Gasteiger partial charge >= 0.3 is 0 Å². The highest BCUT2D eigenvalue weighted by molar-refractivity contribution is 7.68. The normalized spacial score (nSPS) is 29.6. The van der Waals surface area contributed by atoms with Crippen LogP contribution in [0.4, 0.5) is 0 Å². The zero-order valence-electron chi connectivity index (χ0n) is 36.2. The van der Waals surface area contributed by atoms with E-state index < -0.39 is 16.3 Å². The molecule has 3 fully saturated rings. The molecule has 60 heavy (non-hydrogen) atoms. The predicted molar refractivity (Wildman–Crippen MR) is 253 cm³/mol. The summed E-state index contributed by atoms with van der Waals surface area (Å²) in [5.74, 6) is 2.91. The Bertz CT molecular complexity index is 2090. The van der Waals surface area contributed by atoms with Crippen molar-refractivity contribution in [3.63, 3.8) is 0 Å². The van der Waals surface area contributed by atoms with Crippen LogP contribution in [0.15, 0.2) is 163 Å². The Balaban J connectivity index is 1.08. The lowest BCUT2D eigenvalue weighted by Crippen LogP contribution is -2.65. The second kappa shape index (κ2) is 18.1. The molecule has 0 amide bonds. The second-order valence-corrected chi connectivity index (χ2v) is 22.9. The minimum atomic E-state index is -0.993. The first-order valence-corrected chi connectivity index (χ1v) is 25.2. The van der Waals surface area contributed by atoms with Gasteiger partial charge in [0, 0.05) is 21.2 Å². The Morgan fingerprint density at radius 2 is 1.10 bits per heavy atom. The first-order chi connectivity index (χ1) is 29.3. The van der Waals surface area contributed by atoms with Gasteiger partial charge in [-0.1, -0.05) is 197 Å². The van der Waals surface area contributed by atoms with E-state index in [1.54, 1.807) is 5.57 Å². The summed E-state index contributed by atoms with van der Waals surface area (Å²) in [5.41, 5.74) is 3.39. The number of benzene rings is 5. The summed E-state index contributed by atoms with van der Waals surface area (Å²) in [5, 5.41) is 5.13. The fourth-order valence-electron chi connectivity index (χ4n) is 12.8. The number of fused-ring (bicyclic) bond motifs is 2. The van der Waals surface area contributed by atoms with Gasteiger partial charge in [-0.3, -0.25) is 0 Å². The highest BCUT2D eigenvalue weighted by atomic mass is 31.1. The maximum Gasteiger partial charge on any atom is 0.0917 e. The van der Waals surface area contributed by atoms with Crippen LogP contribution >= 0.6 is 16.3 Å². The molecule has 5 aromatic rings. The summed E-state index contributed by atoms with van der Waals surface area (Å²) in [4.78, 5) is 0. The van der Waals surface area contributed by atoms with Crippen molar-refractivity contribution < 1.29 is 13.8 Å². The third-order valence-corrected chi connectivity index (χ3v) is 19.3. The molecular formula is C55H64O3P2. The van der Waals surface area contributed by atoms with Crippen molar-refractivity contribution in [2.75, 3.05) is 19.8 Å². The number of hydrogen-bond acceptors (Lipinski definition) is 3. The molecule has 10 rings (SSSR count). The van der Waals surface area contributed by atoms with E-state index in [1.807, 2.05) is 0 Å². The zero-order valence-corrected chi connectivity index (χ0v) is 38.0. The van der Waals surface area contributed by atoms with Crippen molar-refractivity contribution in [2.45, 2.75) is 72.8 Å². The van der Waals surface area contributed by atoms with Gasteiger partial charge in [-0.25, -0.2) is 0 Å². The lowest BCUT2D eigenvalue weighted by atomic mass is 9.34. The van der Waals surface area contributed by atoms with Crippen LogP contribution in [0.5, 0.6) is 0 Å². The van der Waals surface area contributed by atoms with Gasteiger partial charge in [0.1, 0.15) is 0 Å². The summed E-state index contributed by atoms with van der Waals surface area (Å²) < 4.78 is 21.6. The molecule has 0 aliphatic heterocycles. The molecule has 0 N–H and O–H groups in total. The van der Waals surface area contributed by atoms with Crippen molar-refractivity contribution in [1.82, 2.24) is 0 Å². The molecule has 5 aliphatic carbocycles. The van der Waals surface area contributed by atoms with Crippen LogP contribution in [-0.2, 0) is 20.4 Å². The molecule has 3 saturated carbocycles. The van der Waals surface area contributed by atoms with Crippen molar-refractivity contribution in [1.29, 1.82) is 0 Å². The standard InChI is InChI=1S/C55H64O3P2/c1-41(2)48-36-55-34-31-51-53(3,40-56-37-42-21-10-5-11-22-42)32-20-33-54(51,4)52(55)35-47(48)49(38-57-59(43-23-12-6-13-24-43)44-25-14-7-15-26-44)50(55)39-58-60(45-27-16-8-17-28-45)46-29-18-9-19-30-46/h5-19,21-30,36,41,47,49-52H,20,31-35,37-40H2,1-4H3/t47-,49-,50-,51?,52?,53+,54+,55+/m1/s1. The molecule has 1 spiro atoms. The molecule has 0 heterocycles. The van der Waals surface area contributed by atoms with Crippen molar-refractivity contribution in [2.24, 2.45) is 51.8 Å². The Morgan fingerprint density at radius 1 is 0.600 bits per heavy atom. The van der Waals surface area contributed by atoms with E-state index in [1.165, 1.54) is 65.3 Å². The third kappa shape index (κ3) is 8.16. The van der Waals surface area contributed by atoms with Crippen LogP contribution in [0.3, 0.4) is 0 Å². The van der Waals surface area contributed by atoms with Gasteiger partial charge in [0.15, 0.2) is 0 Å². The third-order valence-electron chi connectivity index (χ3n) is 15.4. The number of ether oxygens (including phenoxy) is 1. The quantitative estimate of drug-likeness (QED) is 0.0777. The molecule has 5 aromatic carbocycles. The molecule has 8 atom stereocenters. The van der Waals surface area contributed by atoms with Gasteiger partial charge in [0.2, 0.25) is 0 Å². The van der Waals surface area contributed by atoms with Crippen LogP contribution in [0, 0.1) is 51.8 Å². The van der Waals surface area contributed by atoms with Crippen LogP contribution in [0.2, 0.25) is 0 Å². The SMILES string of the molecule is CC(C)C1=C[C@]23CCC4[C@](C)(COCc5ccccc5)CCC[C@]4(C)C2C[C@H]1[C@@H](COP(c1ccccc1)c1ccccc1)[C@H]3COP(c1ccccc1)c1ccccc1. The first kappa shape index (κ1) is 41.9. The van der Waals surface area contributed by atoms with E-state index in [2.05, 4.69) is 185 Å². The summed E-state index contributed by atoms with van der Waals surface area (Å²) >= 11 is 0. The number of hydrogen-bond donors (Lipinski definition) is 0. The lowest BCUT2D eigenvalue weighted by Gasteiger charge is -2.70. The molecule has 3 nitrogen and oxygen atoms in total. The molecule has 2 unspecified atom stereocenters.